The largest absolute Gasteiger partial charge is 0.328 e. The van der Waals surface area contributed by atoms with Crippen molar-refractivity contribution in [2.45, 2.75) is 24.9 Å². The Labute approximate surface area is 70.0 Å². The van der Waals surface area contributed by atoms with Crippen molar-refractivity contribution >= 4 is 11.8 Å². The monoisotopic (exact) mass is 166 g/mol. The average molecular weight is 166 g/mol. The van der Waals surface area contributed by atoms with E-state index >= 15 is 0 Å². The second-order valence-corrected chi connectivity index (χ2v) is 3.27. The molecule has 0 aromatic rings. The molecule has 64 valence electrons. The summed E-state index contributed by atoms with van der Waals surface area (Å²) >= 11 is 0. The van der Waals surface area contributed by atoms with Gasteiger partial charge in [0.05, 0.1) is 0 Å². The first-order valence-corrected chi connectivity index (χ1v) is 3.99. The molecule has 0 aromatic carbocycles. The van der Waals surface area contributed by atoms with E-state index in [1.807, 2.05) is 0 Å². The maximum Gasteiger partial charge on any atom is 0.253 e. The normalized spacial score (nSPS) is 34.2. The number of nitrogens with zero attached hydrogens (tertiary/aromatic N) is 1. The predicted octanol–water partition coefficient (Wildman–Crippen LogP) is -0.599. The van der Waals surface area contributed by atoms with Gasteiger partial charge >= 0.3 is 0 Å². The highest BCUT2D eigenvalue weighted by atomic mass is 16.2. The molecule has 1 fully saturated rings. The highest BCUT2D eigenvalue weighted by Gasteiger charge is 2.38. The Morgan fingerprint density at radius 1 is 1.25 bits per heavy atom. The first kappa shape index (κ1) is 7.49. The predicted molar refractivity (Wildman–Crippen MR) is 42.0 cm³/mol. The molecular weight excluding hydrogens is 156 g/mol. The fourth-order valence-corrected chi connectivity index (χ4v) is 1.61. The molecule has 1 saturated carbocycles. The Morgan fingerprint density at radius 2 is 1.75 bits per heavy atom. The SMILES string of the molecule is NC1CC(N2C(=O)C=CC2=O)C1. The molecule has 0 unspecified atom stereocenters. The molecule has 1 heterocycles. The first-order chi connectivity index (χ1) is 5.68. The van der Waals surface area contributed by atoms with Crippen molar-refractivity contribution in [1.82, 2.24) is 4.90 Å². The molecule has 2 amide bonds. The smallest absolute Gasteiger partial charge is 0.253 e. The Morgan fingerprint density at radius 3 is 2.17 bits per heavy atom. The Bertz CT molecular complexity index is 248. The first-order valence-electron chi connectivity index (χ1n) is 3.99. The lowest BCUT2D eigenvalue weighted by atomic mass is 9.86. The van der Waals surface area contributed by atoms with Gasteiger partial charge in [-0.15, -0.1) is 0 Å². The molecule has 0 spiro atoms. The highest BCUT2D eigenvalue weighted by molar-refractivity contribution is 6.13. The van der Waals surface area contributed by atoms with E-state index in [4.69, 9.17) is 5.73 Å². The van der Waals surface area contributed by atoms with Crippen molar-refractivity contribution in [3.63, 3.8) is 0 Å². The third kappa shape index (κ3) is 0.956. The van der Waals surface area contributed by atoms with Crippen LogP contribution in [0.2, 0.25) is 0 Å². The zero-order valence-electron chi connectivity index (χ0n) is 6.56. The molecule has 0 radical (unpaired) electrons. The second kappa shape index (κ2) is 2.42. The van der Waals surface area contributed by atoms with Crippen LogP contribution in [0.5, 0.6) is 0 Å². The lowest BCUT2D eigenvalue weighted by molar-refractivity contribution is -0.141. The molecule has 0 atom stereocenters. The van der Waals surface area contributed by atoms with Gasteiger partial charge in [-0.25, -0.2) is 0 Å². The van der Waals surface area contributed by atoms with Crippen LogP contribution in [0.4, 0.5) is 0 Å². The van der Waals surface area contributed by atoms with E-state index in [1.165, 1.54) is 17.1 Å². The summed E-state index contributed by atoms with van der Waals surface area (Å²) in [5.74, 6) is -0.395. The van der Waals surface area contributed by atoms with E-state index in [-0.39, 0.29) is 23.9 Å². The van der Waals surface area contributed by atoms with Crippen molar-refractivity contribution < 1.29 is 9.59 Å². The van der Waals surface area contributed by atoms with Crippen molar-refractivity contribution in [2.24, 2.45) is 5.73 Å². The molecule has 0 bridgehead atoms. The maximum absolute atomic E-state index is 11.1. The number of hydrogen-bond acceptors (Lipinski definition) is 3. The van der Waals surface area contributed by atoms with E-state index in [1.54, 1.807) is 0 Å². The summed E-state index contributed by atoms with van der Waals surface area (Å²) in [6.07, 6.45) is 4.12. The lowest BCUT2D eigenvalue weighted by Gasteiger charge is -2.37. The number of imide groups is 1. The summed E-state index contributed by atoms with van der Waals surface area (Å²) in [7, 11) is 0. The van der Waals surface area contributed by atoms with Gasteiger partial charge in [0.2, 0.25) is 0 Å². The van der Waals surface area contributed by atoms with Crippen LogP contribution >= 0.6 is 0 Å². The van der Waals surface area contributed by atoms with Gasteiger partial charge in [-0.3, -0.25) is 14.5 Å². The lowest BCUT2D eigenvalue weighted by Crippen LogP contribution is -2.52. The zero-order chi connectivity index (χ0) is 8.72. The van der Waals surface area contributed by atoms with Crippen LogP contribution in [0.15, 0.2) is 12.2 Å². The van der Waals surface area contributed by atoms with Gasteiger partial charge in [0.15, 0.2) is 0 Å². The highest BCUT2D eigenvalue weighted by Crippen LogP contribution is 2.26. The minimum absolute atomic E-state index is 0.0509. The van der Waals surface area contributed by atoms with E-state index in [2.05, 4.69) is 0 Å². The fraction of sp³-hybridized carbons (Fsp3) is 0.500. The van der Waals surface area contributed by atoms with Crippen LogP contribution < -0.4 is 5.73 Å². The third-order valence-electron chi connectivity index (χ3n) is 2.36. The Hall–Kier alpha value is -1.16. The summed E-state index contributed by atoms with van der Waals surface area (Å²) < 4.78 is 0. The fourth-order valence-electron chi connectivity index (χ4n) is 1.61. The quantitative estimate of drug-likeness (QED) is 0.529. The van der Waals surface area contributed by atoms with Gasteiger partial charge in [-0.05, 0) is 12.8 Å². The molecule has 1 aliphatic carbocycles. The molecule has 4 nitrogen and oxygen atoms in total. The van der Waals surface area contributed by atoms with Crippen molar-refractivity contribution in [2.75, 3.05) is 0 Å². The molecule has 4 heteroatoms. The molecule has 2 aliphatic rings. The van der Waals surface area contributed by atoms with Crippen molar-refractivity contribution in [3.05, 3.63) is 12.2 Å². The summed E-state index contributed by atoms with van der Waals surface area (Å²) in [6.45, 7) is 0. The third-order valence-corrected chi connectivity index (χ3v) is 2.36. The number of nitrogens with two attached hydrogens (primary N) is 1. The topological polar surface area (TPSA) is 63.4 Å². The van der Waals surface area contributed by atoms with Crippen molar-refractivity contribution in [1.29, 1.82) is 0 Å². The summed E-state index contributed by atoms with van der Waals surface area (Å²) in [6, 6.07) is 0.214. The van der Waals surface area contributed by atoms with Gasteiger partial charge in [-0.2, -0.15) is 0 Å². The molecule has 0 aromatic heterocycles. The zero-order valence-corrected chi connectivity index (χ0v) is 6.56. The molecule has 12 heavy (non-hydrogen) atoms. The number of amides is 2. The molecule has 1 aliphatic heterocycles. The molecule has 0 saturated heterocycles. The van der Waals surface area contributed by atoms with Crippen molar-refractivity contribution in [3.8, 4) is 0 Å². The van der Waals surface area contributed by atoms with Crippen LogP contribution in [-0.2, 0) is 9.59 Å². The van der Waals surface area contributed by atoms with Gasteiger partial charge < -0.3 is 5.73 Å². The van der Waals surface area contributed by atoms with Gasteiger partial charge in [0.1, 0.15) is 0 Å². The number of carbonyl (C=O) groups excluding carboxylic acids is 2. The standard InChI is InChI=1S/C8H10N2O2/c9-5-3-6(4-5)10-7(11)1-2-8(10)12/h1-2,5-6H,3-4,9H2. The van der Waals surface area contributed by atoms with Gasteiger partial charge in [0, 0.05) is 24.2 Å². The van der Waals surface area contributed by atoms with Crippen LogP contribution in [0.1, 0.15) is 12.8 Å². The molecular formula is C8H10N2O2. The van der Waals surface area contributed by atoms with Gasteiger partial charge in [-0.1, -0.05) is 0 Å². The average Bonchev–Trinajstić information content (AvgIpc) is 2.26. The minimum atomic E-state index is -0.197. The summed E-state index contributed by atoms with van der Waals surface area (Å²) in [4.78, 5) is 23.5. The Kier molecular flexibility index (Phi) is 1.51. The van der Waals surface area contributed by atoms with Crippen LogP contribution in [0, 0.1) is 0 Å². The molecule has 2 rings (SSSR count). The van der Waals surface area contributed by atoms with Crippen LogP contribution in [0.3, 0.4) is 0 Å². The Balaban J connectivity index is 2.05. The van der Waals surface area contributed by atoms with E-state index in [0.717, 1.165) is 12.8 Å². The second-order valence-electron chi connectivity index (χ2n) is 3.27. The van der Waals surface area contributed by atoms with Gasteiger partial charge in [0.25, 0.3) is 11.8 Å². The number of hydrogen-bond donors (Lipinski definition) is 1. The van der Waals surface area contributed by atoms with E-state index in [9.17, 15) is 9.59 Å². The number of carbonyl (C=O) groups is 2. The molecule has 2 N–H and O–H groups in total. The maximum atomic E-state index is 11.1. The summed E-state index contributed by atoms with van der Waals surface area (Å²) in [5, 5.41) is 0. The van der Waals surface area contributed by atoms with E-state index in [0.29, 0.717) is 0 Å². The van der Waals surface area contributed by atoms with E-state index < -0.39 is 0 Å². The minimum Gasteiger partial charge on any atom is -0.328 e. The van der Waals surface area contributed by atoms with Crippen LogP contribution in [0.25, 0.3) is 0 Å². The summed E-state index contributed by atoms with van der Waals surface area (Å²) in [5.41, 5.74) is 5.56. The van der Waals surface area contributed by atoms with Crippen LogP contribution in [-0.4, -0.2) is 28.8 Å². The number of rotatable bonds is 1.